The molecule has 0 N–H and O–H groups in total. The molecule has 4 rings (SSSR count). The number of aryl methyl sites for hydroxylation is 2. The molecule has 0 bridgehead atoms. The van der Waals surface area contributed by atoms with Crippen LogP contribution in [0.25, 0.3) is 0 Å². The van der Waals surface area contributed by atoms with Crippen LogP contribution >= 0.6 is 0 Å². The van der Waals surface area contributed by atoms with Gasteiger partial charge in [0.1, 0.15) is 0 Å². The highest BCUT2D eigenvalue weighted by Crippen LogP contribution is 2.18. The zero-order valence-electron chi connectivity index (χ0n) is 15.2. The van der Waals surface area contributed by atoms with Gasteiger partial charge in [-0.05, 0) is 30.9 Å². The Morgan fingerprint density at radius 2 is 1.74 bits per heavy atom. The Balaban J connectivity index is 1.38. The van der Waals surface area contributed by atoms with Crippen molar-refractivity contribution in [3.8, 4) is 0 Å². The molecule has 1 fully saturated rings. The van der Waals surface area contributed by atoms with Crippen LogP contribution in [-0.4, -0.2) is 59.5 Å². The van der Waals surface area contributed by atoms with Crippen molar-refractivity contribution >= 4 is 15.9 Å². The lowest BCUT2D eigenvalue weighted by molar-refractivity contribution is 0.0691. The number of hydrogen-bond acceptors (Lipinski definition) is 4. The Hall–Kier alpha value is -2.19. The first-order valence-electron chi connectivity index (χ1n) is 9.41. The van der Waals surface area contributed by atoms with Crippen molar-refractivity contribution in [1.29, 1.82) is 0 Å². The Labute approximate surface area is 159 Å². The number of fused-ring (bicyclic) bond motifs is 1. The van der Waals surface area contributed by atoms with E-state index in [1.807, 2.05) is 41.1 Å². The molecule has 7 nitrogen and oxygen atoms in total. The second-order valence-corrected chi connectivity index (χ2v) is 9.10. The van der Waals surface area contributed by atoms with Crippen molar-refractivity contribution in [3.63, 3.8) is 0 Å². The van der Waals surface area contributed by atoms with Crippen molar-refractivity contribution in [2.75, 3.05) is 26.2 Å². The van der Waals surface area contributed by atoms with Crippen molar-refractivity contribution in [1.82, 2.24) is 19.0 Å². The normalized spacial score (nSPS) is 18.3. The van der Waals surface area contributed by atoms with E-state index in [-0.39, 0.29) is 11.7 Å². The standard InChI is InChI=1S/C19H24N4O3S/c24-19(18-14-17-8-4-5-9-23(17)20-18)21-10-12-22(13-11-21)27(25,26)15-16-6-2-1-3-7-16/h1-3,6-7,14H,4-5,8-13,15H2. The number of carbonyl (C=O) groups is 1. The highest BCUT2D eigenvalue weighted by Gasteiger charge is 2.30. The number of aromatic nitrogens is 2. The summed E-state index contributed by atoms with van der Waals surface area (Å²) < 4.78 is 28.7. The minimum absolute atomic E-state index is 0.00441. The molecule has 1 aromatic carbocycles. The number of sulfonamides is 1. The van der Waals surface area contributed by atoms with Gasteiger partial charge in [-0.1, -0.05) is 30.3 Å². The largest absolute Gasteiger partial charge is 0.335 e. The second kappa shape index (κ2) is 7.44. The van der Waals surface area contributed by atoms with E-state index < -0.39 is 10.0 Å². The molecule has 27 heavy (non-hydrogen) atoms. The van der Waals surface area contributed by atoms with Gasteiger partial charge in [-0.3, -0.25) is 9.48 Å². The molecule has 1 amide bonds. The number of benzene rings is 1. The molecule has 0 radical (unpaired) electrons. The first kappa shape index (κ1) is 18.2. The summed E-state index contributed by atoms with van der Waals surface area (Å²) in [5.74, 6) is -0.104. The third-order valence-corrected chi connectivity index (χ3v) is 7.10. The number of nitrogens with zero attached hydrogens (tertiary/aromatic N) is 4. The van der Waals surface area contributed by atoms with E-state index in [2.05, 4.69) is 5.10 Å². The first-order chi connectivity index (χ1) is 13.0. The molecule has 2 aliphatic heterocycles. The van der Waals surface area contributed by atoms with Crippen LogP contribution < -0.4 is 0 Å². The van der Waals surface area contributed by atoms with Gasteiger partial charge in [0.05, 0.1) is 5.75 Å². The monoisotopic (exact) mass is 388 g/mol. The van der Waals surface area contributed by atoms with E-state index in [4.69, 9.17) is 0 Å². The summed E-state index contributed by atoms with van der Waals surface area (Å²) in [5.41, 5.74) is 2.38. The van der Waals surface area contributed by atoms with E-state index >= 15 is 0 Å². The summed E-state index contributed by atoms with van der Waals surface area (Å²) in [6, 6.07) is 11.1. The quantitative estimate of drug-likeness (QED) is 0.796. The average molecular weight is 388 g/mol. The van der Waals surface area contributed by atoms with E-state index in [1.54, 1.807) is 4.90 Å². The molecule has 2 aliphatic rings. The molecule has 3 heterocycles. The lowest BCUT2D eigenvalue weighted by Crippen LogP contribution is -2.50. The van der Waals surface area contributed by atoms with Gasteiger partial charge in [0, 0.05) is 38.4 Å². The van der Waals surface area contributed by atoms with Crippen molar-refractivity contribution in [2.45, 2.75) is 31.6 Å². The summed E-state index contributed by atoms with van der Waals surface area (Å²) in [6.07, 6.45) is 3.20. The highest BCUT2D eigenvalue weighted by atomic mass is 32.2. The lowest BCUT2D eigenvalue weighted by Gasteiger charge is -2.33. The van der Waals surface area contributed by atoms with Gasteiger partial charge in [0.2, 0.25) is 10.0 Å². The maximum Gasteiger partial charge on any atom is 0.274 e. The van der Waals surface area contributed by atoms with Gasteiger partial charge >= 0.3 is 0 Å². The van der Waals surface area contributed by atoms with Crippen LogP contribution in [0.3, 0.4) is 0 Å². The molecule has 0 saturated carbocycles. The fraction of sp³-hybridized carbons (Fsp3) is 0.474. The Morgan fingerprint density at radius 1 is 1.00 bits per heavy atom. The smallest absolute Gasteiger partial charge is 0.274 e. The van der Waals surface area contributed by atoms with Crippen LogP contribution in [0.5, 0.6) is 0 Å². The Kier molecular flexibility index (Phi) is 5.01. The molecule has 0 atom stereocenters. The molecular weight excluding hydrogens is 364 g/mol. The molecule has 8 heteroatoms. The molecule has 1 aromatic heterocycles. The maximum atomic E-state index is 12.7. The zero-order valence-corrected chi connectivity index (χ0v) is 16.1. The summed E-state index contributed by atoms with van der Waals surface area (Å²) in [5, 5.41) is 4.44. The van der Waals surface area contributed by atoms with E-state index in [0.717, 1.165) is 37.1 Å². The molecule has 0 unspecified atom stereocenters. The molecule has 2 aromatic rings. The van der Waals surface area contributed by atoms with Crippen LogP contribution in [-0.2, 0) is 28.7 Å². The SMILES string of the molecule is O=C(c1cc2n(n1)CCCC2)N1CCN(S(=O)(=O)Cc2ccccc2)CC1. The first-order valence-corrected chi connectivity index (χ1v) is 11.0. The highest BCUT2D eigenvalue weighted by molar-refractivity contribution is 7.88. The lowest BCUT2D eigenvalue weighted by atomic mass is 10.1. The van der Waals surface area contributed by atoms with E-state index in [1.165, 1.54) is 4.31 Å². The molecule has 1 saturated heterocycles. The minimum Gasteiger partial charge on any atom is -0.335 e. The second-order valence-electron chi connectivity index (χ2n) is 7.13. The van der Waals surface area contributed by atoms with Gasteiger partial charge in [0.25, 0.3) is 5.91 Å². The summed E-state index contributed by atoms with van der Waals surface area (Å²) in [4.78, 5) is 14.5. The van der Waals surface area contributed by atoms with Crippen LogP contribution in [0.4, 0.5) is 0 Å². The van der Waals surface area contributed by atoms with Crippen LogP contribution in [0.2, 0.25) is 0 Å². The summed E-state index contributed by atoms with van der Waals surface area (Å²) in [6.45, 7) is 2.32. The Bertz CT molecular complexity index is 892. The topological polar surface area (TPSA) is 75.5 Å². The number of piperazine rings is 1. The van der Waals surface area contributed by atoms with Gasteiger partial charge < -0.3 is 4.90 Å². The molecular formula is C19H24N4O3S. The van der Waals surface area contributed by atoms with Gasteiger partial charge in [0.15, 0.2) is 5.69 Å². The maximum absolute atomic E-state index is 12.7. The predicted octanol–water partition coefficient (Wildman–Crippen LogP) is 1.51. The number of carbonyl (C=O) groups excluding carboxylic acids is 1. The van der Waals surface area contributed by atoms with Gasteiger partial charge in [-0.25, -0.2) is 8.42 Å². The van der Waals surface area contributed by atoms with Crippen molar-refractivity contribution in [3.05, 3.63) is 53.3 Å². The number of amides is 1. The molecule has 0 spiro atoms. The van der Waals surface area contributed by atoms with Crippen molar-refractivity contribution < 1.29 is 13.2 Å². The van der Waals surface area contributed by atoms with Gasteiger partial charge in [-0.2, -0.15) is 9.40 Å². The molecule has 144 valence electrons. The Morgan fingerprint density at radius 3 is 2.44 bits per heavy atom. The summed E-state index contributed by atoms with van der Waals surface area (Å²) in [7, 11) is -3.38. The van der Waals surface area contributed by atoms with Gasteiger partial charge in [-0.15, -0.1) is 0 Å². The van der Waals surface area contributed by atoms with Crippen LogP contribution in [0.1, 0.15) is 34.6 Å². The fourth-order valence-corrected chi connectivity index (χ4v) is 5.25. The summed E-state index contributed by atoms with van der Waals surface area (Å²) >= 11 is 0. The minimum atomic E-state index is -3.38. The van der Waals surface area contributed by atoms with Crippen LogP contribution in [0.15, 0.2) is 36.4 Å². The van der Waals surface area contributed by atoms with Crippen molar-refractivity contribution in [2.24, 2.45) is 0 Å². The third kappa shape index (κ3) is 3.91. The fourth-order valence-electron chi connectivity index (χ4n) is 3.73. The third-order valence-electron chi connectivity index (χ3n) is 5.25. The van der Waals surface area contributed by atoms with E-state index in [9.17, 15) is 13.2 Å². The average Bonchev–Trinajstić information content (AvgIpc) is 3.12. The number of rotatable bonds is 4. The zero-order chi connectivity index (χ0) is 18.9. The van der Waals surface area contributed by atoms with Crippen LogP contribution in [0, 0.1) is 0 Å². The molecule has 0 aliphatic carbocycles. The van der Waals surface area contributed by atoms with E-state index in [0.29, 0.717) is 31.9 Å². The number of hydrogen-bond donors (Lipinski definition) is 0. The predicted molar refractivity (Wildman–Crippen MR) is 102 cm³/mol.